The predicted molar refractivity (Wildman–Crippen MR) is 74.3 cm³/mol. The minimum Gasteiger partial charge on any atom is -0.508 e. The van der Waals surface area contributed by atoms with E-state index in [2.05, 4.69) is 0 Å². The molecule has 1 aromatic rings. The first-order chi connectivity index (χ1) is 9.10. The Bertz CT molecular complexity index is 413. The van der Waals surface area contributed by atoms with Gasteiger partial charge in [-0.25, -0.2) is 0 Å². The maximum absolute atomic E-state index is 12.4. The quantitative estimate of drug-likeness (QED) is 0.776. The van der Waals surface area contributed by atoms with Gasteiger partial charge in [-0.15, -0.1) is 0 Å². The summed E-state index contributed by atoms with van der Waals surface area (Å²) in [6.07, 6.45) is 0.756. The third kappa shape index (κ3) is 4.54. The van der Waals surface area contributed by atoms with Crippen LogP contribution >= 0.6 is 0 Å². The van der Waals surface area contributed by atoms with E-state index in [1.54, 1.807) is 37.1 Å². The van der Waals surface area contributed by atoms with Crippen LogP contribution in [-0.2, 0) is 4.74 Å². The number of nitrogens with two attached hydrogens (primary N) is 1. The van der Waals surface area contributed by atoms with Gasteiger partial charge in [-0.1, -0.05) is 0 Å². The van der Waals surface area contributed by atoms with Gasteiger partial charge in [-0.05, 0) is 43.7 Å². The molecule has 1 amide bonds. The van der Waals surface area contributed by atoms with E-state index in [0.29, 0.717) is 37.4 Å². The van der Waals surface area contributed by atoms with Gasteiger partial charge in [-0.2, -0.15) is 0 Å². The van der Waals surface area contributed by atoms with Gasteiger partial charge in [0.15, 0.2) is 0 Å². The fourth-order valence-corrected chi connectivity index (χ4v) is 1.77. The van der Waals surface area contributed by atoms with Gasteiger partial charge in [0.2, 0.25) is 0 Å². The molecule has 0 saturated carbocycles. The van der Waals surface area contributed by atoms with Gasteiger partial charge in [0.1, 0.15) is 5.75 Å². The van der Waals surface area contributed by atoms with Crippen LogP contribution in [0.5, 0.6) is 5.75 Å². The molecule has 0 fully saturated rings. The maximum Gasteiger partial charge on any atom is 0.253 e. The van der Waals surface area contributed by atoms with Crippen LogP contribution in [0.2, 0.25) is 0 Å². The van der Waals surface area contributed by atoms with Gasteiger partial charge in [0.05, 0.1) is 6.61 Å². The Labute approximate surface area is 114 Å². The zero-order chi connectivity index (χ0) is 14.3. The minimum absolute atomic E-state index is 0.0615. The second-order valence-corrected chi connectivity index (χ2v) is 4.43. The Morgan fingerprint density at radius 2 is 2.16 bits per heavy atom. The fourth-order valence-electron chi connectivity index (χ4n) is 1.77. The number of hydrogen-bond donors (Lipinski definition) is 2. The molecule has 0 aliphatic heterocycles. The lowest BCUT2D eigenvalue weighted by molar-refractivity contribution is 0.0694. The third-order valence-electron chi connectivity index (χ3n) is 2.93. The Kier molecular flexibility index (Phi) is 6.32. The number of hydrogen-bond acceptors (Lipinski definition) is 4. The number of phenols is 1. The third-order valence-corrected chi connectivity index (χ3v) is 2.93. The largest absolute Gasteiger partial charge is 0.508 e. The second-order valence-electron chi connectivity index (χ2n) is 4.43. The number of nitrogens with zero attached hydrogens (tertiary/aromatic N) is 1. The van der Waals surface area contributed by atoms with Crippen molar-refractivity contribution in [3.8, 4) is 5.75 Å². The van der Waals surface area contributed by atoms with Crippen molar-refractivity contribution in [3.05, 3.63) is 29.3 Å². The zero-order valence-electron chi connectivity index (χ0n) is 11.6. The van der Waals surface area contributed by atoms with Gasteiger partial charge < -0.3 is 20.5 Å². The van der Waals surface area contributed by atoms with E-state index in [9.17, 15) is 9.90 Å². The van der Waals surface area contributed by atoms with E-state index in [-0.39, 0.29) is 11.7 Å². The number of amides is 1. The number of aryl methyl sites for hydroxylation is 1. The molecule has 106 valence electrons. The average molecular weight is 266 g/mol. The molecule has 5 nitrogen and oxygen atoms in total. The molecule has 0 aliphatic carbocycles. The molecule has 0 spiro atoms. The summed E-state index contributed by atoms with van der Waals surface area (Å²) < 4.78 is 5.02. The smallest absolute Gasteiger partial charge is 0.253 e. The SMILES string of the molecule is COCCN(CCCN)C(=O)c1ccc(O)c(C)c1. The molecule has 0 aliphatic rings. The summed E-state index contributed by atoms with van der Waals surface area (Å²) in [6, 6.07) is 4.87. The van der Waals surface area contributed by atoms with Crippen LogP contribution in [0.25, 0.3) is 0 Å². The molecule has 1 rings (SSSR count). The standard InChI is InChI=1S/C14H22N2O3/c1-11-10-12(4-5-13(11)17)14(18)16(7-3-6-15)8-9-19-2/h4-5,10,17H,3,6-9,15H2,1-2H3. The number of phenolic OH excluding ortho intramolecular Hbond substituents is 1. The van der Waals surface area contributed by atoms with Crippen LogP contribution in [0.3, 0.4) is 0 Å². The molecular formula is C14H22N2O3. The predicted octanol–water partition coefficient (Wildman–Crippen LogP) is 1.14. The molecule has 19 heavy (non-hydrogen) atoms. The normalized spacial score (nSPS) is 10.5. The number of benzene rings is 1. The molecule has 0 unspecified atom stereocenters. The molecule has 0 atom stereocenters. The number of carbonyl (C=O) groups excluding carboxylic acids is 1. The molecule has 1 aromatic carbocycles. The summed E-state index contributed by atoms with van der Waals surface area (Å²) in [4.78, 5) is 14.1. The van der Waals surface area contributed by atoms with Crippen molar-refractivity contribution in [1.82, 2.24) is 4.90 Å². The summed E-state index contributed by atoms with van der Waals surface area (Å²) >= 11 is 0. The molecule has 0 heterocycles. The van der Waals surface area contributed by atoms with Crippen LogP contribution in [0.1, 0.15) is 22.3 Å². The molecule has 0 radical (unpaired) electrons. The molecule has 0 bridgehead atoms. The van der Waals surface area contributed by atoms with Gasteiger partial charge in [0, 0.05) is 25.8 Å². The van der Waals surface area contributed by atoms with Crippen LogP contribution in [-0.4, -0.2) is 49.3 Å². The Morgan fingerprint density at radius 1 is 1.42 bits per heavy atom. The van der Waals surface area contributed by atoms with E-state index in [4.69, 9.17) is 10.5 Å². The van der Waals surface area contributed by atoms with Gasteiger partial charge >= 0.3 is 0 Å². The first kappa shape index (κ1) is 15.5. The summed E-state index contributed by atoms with van der Waals surface area (Å²) in [5.74, 6) is 0.135. The number of ether oxygens (including phenoxy) is 1. The fraction of sp³-hybridized carbons (Fsp3) is 0.500. The molecule has 5 heteroatoms. The first-order valence-corrected chi connectivity index (χ1v) is 6.38. The van der Waals surface area contributed by atoms with Crippen molar-refractivity contribution in [2.24, 2.45) is 5.73 Å². The average Bonchev–Trinajstić information content (AvgIpc) is 2.41. The van der Waals surface area contributed by atoms with Crippen molar-refractivity contribution >= 4 is 5.91 Å². The second kappa shape index (κ2) is 7.76. The summed E-state index contributed by atoms with van der Waals surface area (Å²) in [7, 11) is 1.61. The van der Waals surface area contributed by atoms with Crippen molar-refractivity contribution in [1.29, 1.82) is 0 Å². The highest BCUT2D eigenvalue weighted by molar-refractivity contribution is 5.94. The minimum atomic E-state index is -0.0615. The summed E-state index contributed by atoms with van der Waals surface area (Å²) in [5, 5.41) is 9.49. The van der Waals surface area contributed by atoms with Crippen molar-refractivity contribution in [2.75, 3.05) is 33.4 Å². The van der Waals surface area contributed by atoms with E-state index < -0.39 is 0 Å². The van der Waals surface area contributed by atoms with E-state index in [1.807, 2.05) is 0 Å². The summed E-state index contributed by atoms with van der Waals surface area (Å²) in [5.41, 5.74) is 6.75. The molecule has 0 saturated heterocycles. The lowest BCUT2D eigenvalue weighted by Gasteiger charge is -2.22. The number of methoxy groups -OCH3 is 1. The zero-order valence-corrected chi connectivity index (χ0v) is 11.6. The van der Waals surface area contributed by atoms with Crippen LogP contribution in [0.15, 0.2) is 18.2 Å². The highest BCUT2D eigenvalue weighted by atomic mass is 16.5. The topological polar surface area (TPSA) is 75.8 Å². The van der Waals surface area contributed by atoms with Gasteiger partial charge in [-0.3, -0.25) is 4.79 Å². The van der Waals surface area contributed by atoms with Crippen LogP contribution in [0.4, 0.5) is 0 Å². The van der Waals surface area contributed by atoms with Crippen LogP contribution < -0.4 is 5.73 Å². The summed E-state index contributed by atoms with van der Waals surface area (Å²) in [6.45, 7) is 3.96. The number of rotatable bonds is 7. The maximum atomic E-state index is 12.4. The highest BCUT2D eigenvalue weighted by Gasteiger charge is 2.15. The molecule has 0 aromatic heterocycles. The Balaban J connectivity index is 2.81. The highest BCUT2D eigenvalue weighted by Crippen LogP contribution is 2.18. The van der Waals surface area contributed by atoms with Crippen molar-refractivity contribution < 1.29 is 14.6 Å². The Hall–Kier alpha value is -1.59. The van der Waals surface area contributed by atoms with E-state index >= 15 is 0 Å². The molecular weight excluding hydrogens is 244 g/mol. The number of aromatic hydroxyl groups is 1. The lowest BCUT2D eigenvalue weighted by Crippen LogP contribution is -2.35. The molecule has 3 N–H and O–H groups in total. The first-order valence-electron chi connectivity index (χ1n) is 6.38. The Morgan fingerprint density at radius 3 is 2.74 bits per heavy atom. The number of carbonyl (C=O) groups is 1. The van der Waals surface area contributed by atoms with Crippen molar-refractivity contribution in [3.63, 3.8) is 0 Å². The monoisotopic (exact) mass is 266 g/mol. The van der Waals surface area contributed by atoms with E-state index in [1.165, 1.54) is 0 Å². The van der Waals surface area contributed by atoms with Crippen LogP contribution in [0, 0.1) is 6.92 Å². The van der Waals surface area contributed by atoms with Crippen molar-refractivity contribution in [2.45, 2.75) is 13.3 Å². The lowest BCUT2D eigenvalue weighted by atomic mass is 10.1. The van der Waals surface area contributed by atoms with E-state index in [0.717, 1.165) is 6.42 Å². The van der Waals surface area contributed by atoms with Gasteiger partial charge in [0.25, 0.3) is 5.91 Å².